The molecule has 0 spiro atoms. The van der Waals surface area contributed by atoms with Gasteiger partial charge in [0.2, 0.25) is 0 Å². The van der Waals surface area contributed by atoms with Crippen LogP contribution in [0.5, 0.6) is 0 Å². The van der Waals surface area contributed by atoms with Crippen molar-refractivity contribution in [3.63, 3.8) is 0 Å². The van der Waals surface area contributed by atoms with Gasteiger partial charge in [0.25, 0.3) is 0 Å². The van der Waals surface area contributed by atoms with E-state index in [1.54, 1.807) is 6.08 Å². The first-order chi connectivity index (χ1) is 10.2. The number of carboxylic acid groups (broad SMARTS) is 1. The minimum atomic E-state index is -0.898. The maximum absolute atomic E-state index is 10.7. The zero-order valence-corrected chi connectivity index (χ0v) is 12.8. The van der Waals surface area contributed by atoms with E-state index in [0.29, 0.717) is 0 Å². The number of aliphatic carboxylic acids is 1. The molecule has 21 heavy (non-hydrogen) atoms. The van der Waals surface area contributed by atoms with Gasteiger partial charge < -0.3 is 5.11 Å². The molecule has 0 amide bonds. The third-order valence-corrected chi connectivity index (χ3v) is 4.26. The molecule has 1 N–H and O–H groups in total. The van der Waals surface area contributed by atoms with Crippen molar-refractivity contribution in [1.82, 2.24) is 4.90 Å². The number of nitrogens with zero attached hydrogens (tertiary/aromatic N) is 1. The number of likely N-dealkylation sites (tertiary alicyclic amines) is 1. The van der Waals surface area contributed by atoms with Crippen molar-refractivity contribution < 1.29 is 9.90 Å². The van der Waals surface area contributed by atoms with Gasteiger partial charge in [0.15, 0.2) is 0 Å². The Morgan fingerprint density at radius 3 is 2.71 bits per heavy atom. The van der Waals surface area contributed by atoms with Crippen LogP contribution in [-0.2, 0) is 11.3 Å². The normalized spacial score (nSPS) is 17.4. The molecule has 1 aliphatic heterocycles. The molecular formula is C18H25NO2. The van der Waals surface area contributed by atoms with Crippen LogP contribution in [0.3, 0.4) is 0 Å². The van der Waals surface area contributed by atoms with Crippen LogP contribution in [0.25, 0.3) is 6.08 Å². The molecule has 1 aliphatic rings. The second-order valence-electron chi connectivity index (χ2n) is 5.88. The minimum Gasteiger partial charge on any atom is -0.478 e. The summed E-state index contributed by atoms with van der Waals surface area (Å²) in [6.45, 7) is 5.49. The van der Waals surface area contributed by atoms with Crippen LogP contribution < -0.4 is 0 Å². The Kier molecular flexibility index (Phi) is 6.00. The van der Waals surface area contributed by atoms with Gasteiger partial charge in [0, 0.05) is 12.6 Å². The lowest BCUT2D eigenvalue weighted by atomic mass is 9.92. The summed E-state index contributed by atoms with van der Waals surface area (Å²) in [7, 11) is 0. The summed E-state index contributed by atoms with van der Waals surface area (Å²) < 4.78 is 0. The van der Waals surface area contributed by atoms with E-state index >= 15 is 0 Å². The highest BCUT2D eigenvalue weighted by Gasteiger charge is 2.18. The van der Waals surface area contributed by atoms with Crippen molar-refractivity contribution in [1.29, 1.82) is 0 Å². The van der Waals surface area contributed by atoms with E-state index in [1.165, 1.54) is 37.3 Å². The van der Waals surface area contributed by atoms with E-state index in [1.807, 2.05) is 18.2 Å². The smallest absolute Gasteiger partial charge is 0.328 e. The summed E-state index contributed by atoms with van der Waals surface area (Å²) in [5.74, 6) is -0.00131. The topological polar surface area (TPSA) is 40.5 Å². The van der Waals surface area contributed by atoms with Crippen LogP contribution in [-0.4, -0.2) is 29.1 Å². The Morgan fingerprint density at radius 2 is 2.05 bits per heavy atom. The molecule has 1 aromatic carbocycles. The first-order valence-corrected chi connectivity index (χ1v) is 7.90. The maximum Gasteiger partial charge on any atom is 0.328 e. The molecule has 114 valence electrons. The zero-order valence-electron chi connectivity index (χ0n) is 12.8. The Hall–Kier alpha value is -1.61. The second-order valence-corrected chi connectivity index (χ2v) is 5.88. The molecule has 1 fully saturated rings. The number of carboxylic acids is 1. The lowest BCUT2D eigenvalue weighted by Crippen LogP contribution is -2.33. The number of hydrogen-bond donors (Lipinski definition) is 1. The average molecular weight is 287 g/mol. The fraction of sp³-hybridized carbons (Fsp3) is 0.500. The Balaban J connectivity index is 1.96. The van der Waals surface area contributed by atoms with Gasteiger partial charge in [-0.05, 0) is 49.1 Å². The molecular weight excluding hydrogens is 262 g/mol. The zero-order chi connectivity index (χ0) is 15.1. The Morgan fingerprint density at radius 1 is 1.33 bits per heavy atom. The molecule has 1 heterocycles. The van der Waals surface area contributed by atoms with Gasteiger partial charge in [0.05, 0.1) is 0 Å². The molecule has 0 aliphatic carbocycles. The van der Waals surface area contributed by atoms with Gasteiger partial charge >= 0.3 is 5.97 Å². The summed E-state index contributed by atoms with van der Waals surface area (Å²) in [6.07, 6.45) is 8.13. The van der Waals surface area contributed by atoms with Crippen LogP contribution in [0.4, 0.5) is 0 Å². The first kappa shape index (κ1) is 15.8. The van der Waals surface area contributed by atoms with Crippen LogP contribution in [0, 0.1) is 5.92 Å². The summed E-state index contributed by atoms with van der Waals surface area (Å²) in [4.78, 5) is 13.2. The summed E-state index contributed by atoms with van der Waals surface area (Å²) in [5.41, 5.74) is 2.22. The molecule has 0 radical (unpaired) electrons. The molecule has 1 saturated heterocycles. The van der Waals surface area contributed by atoms with Crippen LogP contribution in [0.2, 0.25) is 0 Å². The van der Waals surface area contributed by atoms with E-state index < -0.39 is 5.97 Å². The van der Waals surface area contributed by atoms with Crippen molar-refractivity contribution in [2.45, 2.75) is 39.2 Å². The first-order valence-electron chi connectivity index (χ1n) is 7.90. The van der Waals surface area contributed by atoms with Gasteiger partial charge in [-0.25, -0.2) is 4.79 Å². The number of benzene rings is 1. The summed E-state index contributed by atoms with van der Waals surface area (Å²) >= 11 is 0. The summed E-state index contributed by atoms with van der Waals surface area (Å²) in [5, 5.41) is 8.77. The molecule has 1 aromatic rings. The number of piperidine rings is 1. The van der Waals surface area contributed by atoms with E-state index in [-0.39, 0.29) is 0 Å². The largest absolute Gasteiger partial charge is 0.478 e. The van der Waals surface area contributed by atoms with E-state index in [0.717, 1.165) is 31.1 Å². The average Bonchev–Trinajstić information content (AvgIpc) is 2.48. The Labute approximate surface area is 127 Å². The van der Waals surface area contributed by atoms with Crippen molar-refractivity contribution in [3.8, 4) is 0 Å². The SMILES string of the molecule is CCCC1CCN(Cc2ccccc2C=CC(=O)O)CC1. The molecule has 0 saturated carbocycles. The molecule has 0 atom stereocenters. The quantitative estimate of drug-likeness (QED) is 0.809. The van der Waals surface area contributed by atoms with Crippen molar-refractivity contribution in [2.24, 2.45) is 5.92 Å². The van der Waals surface area contributed by atoms with Crippen molar-refractivity contribution in [2.75, 3.05) is 13.1 Å². The van der Waals surface area contributed by atoms with Crippen LogP contribution >= 0.6 is 0 Å². The highest BCUT2D eigenvalue weighted by Crippen LogP contribution is 2.23. The molecule has 0 bridgehead atoms. The van der Waals surface area contributed by atoms with Crippen LogP contribution in [0.1, 0.15) is 43.7 Å². The van der Waals surface area contributed by atoms with E-state index in [2.05, 4.69) is 17.9 Å². The molecule has 3 nitrogen and oxygen atoms in total. The van der Waals surface area contributed by atoms with Crippen molar-refractivity contribution >= 4 is 12.0 Å². The molecule has 3 heteroatoms. The van der Waals surface area contributed by atoms with Gasteiger partial charge in [-0.15, -0.1) is 0 Å². The number of rotatable bonds is 6. The maximum atomic E-state index is 10.7. The second kappa shape index (κ2) is 7.99. The summed E-state index contributed by atoms with van der Waals surface area (Å²) in [6, 6.07) is 8.06. The van der Waals surface area contributed by atoms with Gasteiger partial charge in [-0.1, -0.05) is 44.0 Å². The monoisotopic (exact) mass is 287 g/mol. The third-order valence-electron chi connectivity index (χ3n) is 4.26. The standard InChI is InChI=1S/C18H25NO2/c1-2-5-15-10-12-19(13-11-15)14-17-7-4-3-6-16(17)8-9-18(20)21/h3-4,6-9,15H,2,5,10-14H2,1H3,(H,20,21). The number of carbonyl (C=O) groups is 1. The Bertz CT molecular complexity index is 488. The predicted molar refractivity (Wildman–Crippen MR) is 86.0 cm³/mol. The number of hydrogen-bond acceptors (Lipinski definition) is 2. The van der Waals surface area contributed by atoms with Crippen molar-refractivity contribution in [3.05, 3.63) is 41.5 Å². The lowest BCUT2D eigenvalue weighted by Gasteiger charge is -2.32. The van der Waals surface area contributed by atoms with E-state index in [9.17, 15) is 4.79 Å². The fourth-order valence-electron chi connectivity index (χ4n) is 3.08. The third kappa shape index (κ3) is 5.01. The fourth-order valence-corrected chi connectivity index (χ4v) is 3.08. The predicted octanol–water partition coefficient (Wildman–Crippen LogP) is 3.80. The lowest BCUT2D eigenvalue weighted by molar-refractivity contribution is -0.131. The van der Waals surface area contributed by atoms with Gasteiger partial charge in [0.1, 0.15) is 0 Å². The highest BCUT2D eigenvalue weighted by molar-refractivity contribution is 5.85. The van der Waals surface area contributed by atoms with Crippen LogP contribution in [0.15, 0.2) is 30.3 Å². The minimum absolute atomic E-state index is 0.897. The van der Waals surface area contributed by atoms with Gasteiger partial charge in [-0.2, -0.15) is 0 Å². The molecule has 2 rings (SSSR count). The van der Waals surface area contributed by atoms with Gasteiger partial charge in [-0.3, -0.25) is 4.90 Å². The molecule has 0 unspecified atom stereocenters. The molecule has 0 aromatic heterocycles. The van der Waals surface area contributed by atoms with E-state index in [4.69, 9.17) is 5.11 Å². The highest BCUT2D eigenvalue weighted by atomic mass is 16.4.